The molecule has 0 radical (unpaired) electrons. The van der Waals surface area contributed by atoms with Gasteiger partial charge in [-0.25, -0.2) is 0 Å². The second-order valence-corrected chi connectivity index (χ2v) is 7.71. The van der Waals surface area contributed by atoms with Crippen molar-refractivity contribution in [3.8, 4) is 0 Å². The molecule has 1 atom stereocenters. The van der Waals surface area contributed by atoms with Crippen molar-refractivity contribution in [3.63, 3.8) is 0 Å². The molecule has 1 N–H and O–H groups in total. The lowest BCUT2D eigenvalue weighted by Gasteiger charge is -2.36. The number of rotatable bonds is 4. The highest BCUT2D eigenvalue weighted by molar-refractivity contribution is 5.98. The molecule has 2 amide bonds. The second-order valence-electron chi connectivity index (χ2n) is 7.71. The average Bonchev–Trinajstić information content (AvgIpc) is 3.17. The maximum atomic E-state index is 13.1. The van der Waals surface area contributed by atoms with Gasteiger partial charge in [0.1, 0.15) is 0 Å². The van der Waals surface area contributed by atoms with Gasteiger partial charge in [-0.15, -0.1) is 0 Å². The Hall–Kier alpha value is -2.66. The Morgan fingerprint density at radius 3 is 2.39 bits per heavy atom. The number of carbonyl (C=O) groups excluding carboxylic acids is 2. The van der Waals surface area contributed by atoms with Crippen molar-refractivity contribution in [3.05, 3.63) is 60.2 Å². The van der Waals surface area contributed by atoms with E-state index in [2.05, 4.69) is 16.3 Å². The zero-order valence-corrected chi connectivity index (χ0v) is 16.3. The molecule has 0 saturated carbocycles. The number of hydrogen-bond acceptors (Lipinski definition) is 3. The van der Waals surface area contributed by atoms with Crippen LogP contribution in [-0.2, 0) is 16.0 Å². The van der Waals surface area contributed by atoms with Crippen molar-refractivity contribution in [2.75, 3.05) is 29.9 Å². The predicted octanol–water partition coefficient (Wildman–Crippen LogP) is 3.31. The molecule has 1 fully saturated rings. The van der Waals surface area contributed by atoms with Crippen LogP contribution < -0.4 is 10.2 Å². The largest absolute Gasteiger partial charge is 0.326 e. The van der Waals surface area contributed by atoms with Crippen molar-refractivity contribution < 1.29 is 9.59 Å². The van der Waals surface area contributed by atoms with Crippen LogP contribution in [0.2, 0.25) is 0 Å². The van der Waals surface area contributed by atoms with E-state index in [1.165, 1.54) is 5.56 Å². The Balaban J connectivity index is 1.32. The summed E-state index contributed by atoms with van der Waals surface area (Å²) in [5.41, 5.74) is 3.14. The maximum absolute atomic E-state index is 13.1. The van der Waals surface area contributed by atoms with Gasteiger partial charge in [0, 0.05) is 23.8 Å². The number of nitrogens with one attached hydrogen (secondary N) is 1. The van der Waals surface area contributed by atoms with Gasteiger partial charge in [0.15, 0.2) is 0 Å². The standard InChI is InChI=1S/C23H27N3O2/c1-17(23(28)26-16-13-18-7-5-6-10-21(18)26)25-14-11-19(12-15-25)22(27)24-20-8-3-2-4-9-20/h2-10,17,19H,11-16H2,1H3,(H,24,27)/t17-/m0/s1. The second kappa shape index (κ2) is 8.15. The highest BCUT2D eigenvalue weighted by atomic mass is 16.2. The summed E-state index contributed by atoms with van der Waals surface area (Å²) < 4.78 is 0. The summed E-state index contributed by atoms with van der Waals surface area (Å²) in [6.07, 6.45) is 2.50. The first-order valence-electron chi connectivity index (χ1n) is 10.1. The summed E-state index contributed by atoms with van der Waals surface area (Å²) in [5.74, 6) is 0.252. The number of likely N-dealkylation sites (tertiary alicyclic amines) is 1. The van der Waals surface area contributed by atoms with Gasteiger partial charge in [0.05, 0.1) is 6.04 Å². The quantitative estimate of drug-likeness (QED) is 0.889. The molecule has 2 aliphatic rings. The van der Waals surface area contributed by atoms with E-state index < -0.39 is 0 Å². The number of fused-ring (bicyclic) bond motifs is 1. The monoisotopic (exact) mass is 377 g/mol. The highest BCUT2D eigenvalue weighted by Gasteiger charge is 2.34. The number of amides is 2. The Labute approximate surface area is 166 Å². The number of benzene rings is 2. The molecule has 4 rings (SSSR count). The fourth-order valence-corrected chi connectivity index (χ4v) is 4.26. The normalized spacial score (nSPS) is 18.5. The molecular formula is C23H27N3O2. The first kappa shape index (κ1) is 18.7. The number of anilines is 2. The van der Waals surface area contributed by atoms with E-state index in [-0.39, 0.29) is 23.8 Å². The van der Waals surface area contributed by atoms with Crippen LogP contribution in [0.5, 0.6) is 0 Å². The SMILES string of the molecule is C[C@@H](C(=O)N1CCc2ccccc21)N1CCC(C(=O)Nc2ccccc2)CC1. The summed E-state index contributed by atoms with van der Waals surface area (Å²) in [6, 6.07) is 17.6. The van der Waals surface area contributed by atoms with E-state index in [9.17, 15) is 9.59 Å². The highest BCUT2D eigenvalue weighted by Crippen LogP contribution is 2.29. The maximum Gasteiger partial charge on any atom is 0.244 e. The number of para-hydroxylation sites is 2. The summed E-state index contributed by atoms with van der Waals surface area (Å²) in [4.78, 5) is 29.7. The molecule has 0 aromatic heterocycles. The summed E-state index contributed by atoms with van der Waals surface area (Å²) >= 11 is 0. The zero-order valence-electron chi connectivity index (χ0n) is 16.3. The van der Waals surface area contributed by atoms with Crippen LogP contribution in [0.3, 0.4) is 0 Å². The molecule has 146 valence electrons. The van der Waals surface area contributed by atoms with Crippen molar-refractivity contribution in [2.24, 2.45) is 5.92 Å². The number of hydrogen-bond donors (Lipinski definition) is 1. The lowest BCUT2D eigenvalue weighted by Crippen LogP contribution is -2.50. The van der Waals surface area contributed by atoms with Gasteiger partial charge in [-0.3, -0.25) is 14.5 Å². The summed E-state index contributed by atoms with van der Waals surface area (Å²) in [7, 11) is 0. The first-order valence-corrected chi connectivity index (χ1v) is 10.1. The van der Waals surface area contributed by atoms with Gasteiger partial charge in [-0.05, 0) is 63.0 Å². The molecule has 2 aliphatic heterocycles. The molecule has 0 unspecified atom stereocenters. The Kier molecular flexibility index (Phi) is 5.44. The number of carbonyl (C=O) groups is 2. The molecule has 5 heteroatoms. The van der Waals surface area contributed by atoms with Crippen LogP contribution >= 0.6 is 0 Å². The molecule has 2 heterocycles. The van der Waals surface area contributed by atoms with Gasteiger partial charge >= 0.3 is 0 Å². The van der Waals surface area contributed by atoms with E-state index in [0.717, 1.165) is 50.3 Å². The Bertz CT molecular complexity index is 844. The Morgan fingerprint density at radius 1 is 0.964 bits per heavy atom. The predicted molar refractivity (Wildman–Crippen MR) is 111 cm³/mol. The van der Waals surface area contributed by atoms with Crippen LogP contribution in [0, 0.1) is 5.92 Å². The summed E-state index contributed by atoms with van der Waals surface area (Å²) in [5, 5.41) is 3.00. The number of piperidine rings is 1. The molecule has 0 bridgehead atoms. The lowest BCUT2D eigenvalue weighted by molar-refractivity contribution is -0.124. The molecule has 0 aliphatic carbocycles. The lowest BCUT2D eigenvalue weighted by atomic mass is 9.94. The van der Waals surface area contributed by atoms with E-state index in [4.69, 9.17) is 0 Å². The molecule has 0 spiro atoms. The van der Waals surface area contributed by atoms with Crippen molar-refractivity contribution in [1.82, 2.24) is 4.90 Å². The minimum absolute atomic E-state index is 0.00581. The third-order valence-corrected chi connectivity index (χ3v) is 6.00. The van der Waals surface area contributed by atoms with Gasteiger partial charge < -0.3 is 10.2 Å². The van der Waals surface area contributed by atoms with Crippen LogP contribution in [0.15, 0.2) is 54.6 Å². The molecule has 5 nitrogen and oxygen atoms in total. The van der Waals surface area contributed by atoms with Crippen LogP contribution in [0.1, 0.15) is 25.3 Å². The van der Waals surface area contributed by atoms with Crippen LogP contribution in [0.25, 0.3) is 0 Å². The molecular weight excluding hydrogens is 350 g/mol. The molecule has 2 aromatic carbocycles. The smallest absolute Gasteiger partial charge is 0.244 e. The third kappa shape index (κ3) is 3.80. The third-order valence-electron chi connectivity index (χ3n) is 6.00. The zero-order chi connectivity index (χ0) is 19.5. The molecule has 2 aromatic rings. The van der Waals surface area contributed by atoms with Crippen molar-refractivity contribution >= 4 is 23.2 Å². The average molecular weight is 377 g/mol. The minimum atomic E-state index is -0.163. The molecule has 28 heavy (non-hydrogen) atoms. The van der Waals surface area contributed by atoms with E-state index in [1.807, 2.05) is 60.4 Å². The Morgan fingerprint density at radius 2 is 1.64 bits per heavy atom. The molecule has 1 saturated heterocycles. The topological polar surface area (TPSA) is 52.7 Å². The van der Waals surface area contributed by atoms with E-state index >= 15 is 0 Å². The van der Waals surface area contributed by atoms with Gasteiger partial charge in [-0.2, -0.15) is 0 Å². The number of nitrogens with zero attached hydrogens (tertiary/aromatic N) is 2. The van der Waals surface area contributed by atoms with Crippen molar-refractivity contribution in [2.45, 2.75) is 32.2 Å². The van der Waals surface area contributed by atoms with Gasteiger partial charge in [-0.1, -0.05) is 36.4 Å². The fourth-order valence-electron chi connectivity index (χ4n) is 4.26. The van der Waals surface area contributed by atoms with Crippen LogP contribution in [0.4, 0.5) is 11.4 Å². The van der Waals surface area contributed by atoms with Gasteiger partial charge in [0.25, 0.3) is 0 Å². The first-order chi connectivity index (χ1) is 13.6. The van der Waals surface area contributed by atoms with E-state index in [0.29, 0.717) is 0 Å². The summed E-state index contributed by atoms with van der Waals surface area (Å²) in [6.45, 7) is 4.30. The van der Waals surface area contributed by atoms with Crippen molar-refractivity contribution in [1.29, 1.82) is 0 Å². The van der Waals surface area contributed by atoms with Gasteiger partial charge in [0.2, 0.25) is 11.8 Å². The minimum Gasteiger partial charge on any atom is -0.326 e. The van der Waals surface area contributed by atoms with E-state index in [1.54, 1.807) is 0 Å². The van der Waals surface area contributed by atoms with Crippen LogP contribution in [-0.4, -0.2) is 42.4 Å². The fraction of sp³-hybridized carbons (Fsp3) is 0.391.